The van der Waals surface area contributed by atoms with E-state index in [1.54, 1.807) is 4.90 Å². The number of carbonyl (C=O) groups excluding carboxylic acids is 2. The van der Waals surface area contributed by atoms with Crippen molar-refractivity contribution in [2.45, 2.75) is 70.1 Å². The molecule has 20 heavy (non-hydrogen) atoms. The van der Waals surface area contributed by atoms with Crippen molar-refractivity contribution < 1.29 is 19.4 Å². The van der Waals surface area contributed by atoms with E-state index in [0.29, 0.717) is 19.4 Å². The third kappa shape index (κ3) is 2.68. The Kier molecular flexibility index (Phi) is 4.09. The predicted molar refractivity (Wildman–Crippen MR) is 74.3 cm³/mol. The van der Waals surface area contributed by atoms with Crippen LogP contribution in [0, 0.1) is 5.92 Å². The number of rotatable bonds is 2. The third-order valence-electron chi connectivity index (χ3n) is 4.41. The maximum absolute atomic E-state index is 12.4. The third-order valence-corrected chi connectivity index (χ3v) is 4.41. The number of hydrogen-bond donors (Lipinski definition) is 1. The van der Waals surface area contributed by atoms with E-state index in [0.717, 1.165) is 25.5 Å². The van der Waals surface area contributed by atoms with Gasteiger partial charge in [-0.15, -0.1) is 0 Å². The van der Waals surface area contributed by atoms with Crippen molar-refractivity contribution in [3.05, 3.63) is 0 Å². The second-order valence-electron chi connectivity index (χ2n) is 6.95. The maximum Gasteiger partial charge on any atom is 0.411 e. The average molecular weight is 283 g/mol. The van der Waals surface area contributed by atoms with Gasteiger partial charge in [-0.1, -0.05) is 0 Å². The lowest BCUT2D eigenvalue weighted by Gasteiger charge is -2.52. The number of carbonyl (C=O) groups is 2. The molecule has 2 aliphatic rings. The van der Waals surface area contributed by atoms with E-state index in [4.69, 9.17) is 4.74 Å². The standard InChI is InChI=1S/C15H25NO4/c1-14(2,3)20-13(19)16-9-5-4-8-15(16,10-17)11-6-7-12(11)18/h10-12,18H,4-9H2,1-3H3. The van der Waals surface area contributed by atoms with Gasteiger partial charge in [0.25, 0.3) is 0 Å². The summed E-state index contributed by atoms with van der Waals surface area (Å²) in [7, 11) is 0. The van der Waals surface area contributed by atoms with Gasteiger partial charge in [-0.05, 0) is 52.9 Å². The molecule has 1 saturated carbocycles. The summed E-state index contributed by atoms with van der Waals surface area (Å²) in [4.78, 5) is 25.7. The lowest BCUT2D eigenvalue weighted by Crippen LogP contribution is -2.65. The van der Waals surface area contributed by atoms with E-state index in [1.165, 1.54) is 0 Å². The number of aliphatic hydroxyl groups is 1. The topological polar surface area (TPSA) is 66.8 Å². The largest absolute Gasteiger partial charge is 0.444 e. The Bertz CT molecular complexity index is 390. The normalized spacial score (nSPS) is 34.3. The molecule has 1 saturated heterocycles. The summed E-state index contributed by atoms with van der Waals surface area (Å²) >= 11 is 0. The van der Waals surface area contributed by atoms with Crippen LogP contribution >= 0.6 is 0 Å². The van der Waals surface area contributed by atoms with Crippen molar-refractivity contribution in [2.24, 2.45) is 5.92 Å². The van der Waals surface area contributed by atoms with E-state index in [1.807, 2.05) is 20.8 Å². The van der Waals surface area contributed by atoms with Crippen LogP contribution in [0.1, 0.15) is 52.9 Å². The maximum atomic E-state index is 12.4. The summed E-state index contributed by atoms with van der Waals surface area (Å²) in [5.41, 5.74) is -1.46. The molecule has 2 fully saturated rings. The van der Waals surface area contributed by atoms with Crippen molar-refractivity contribution in [2.75, 3.05) is 6.54 Å². The van der Waals surface area contributed by atoms with E-state index in [9.17, 15) is 14.7 Å². The van der Waals surface area contributed by atoms with Crippen molar-refractivity contribution in [3.63, 3.8) is 0 Å². The summed E-state index contributed by atoms with van der Waals surface area (Å²) in [6.45, 7) is 5.97. The molecule has 0 radical (unpaired) electrons. The molecule has 3 atom stereocenters. The monoisotopic (exact) mass is 283 g/mol. The van der Waals surface area contributed by atoms with Gasteiger partial charge in [0.1, 0.15) is 17.4 Å². The summed E-state index contributed by atoms with van der Waals surface area (Å²) < 4.78 is 5.43. The highest BCUT2D eigenvalue weighted by Gasteiger charge is 2.54. The Balaban J connectivity index is 2.23. The van der Waals surface area contributed by atoms with E-state index >= 15 is 0 Å². The molecule has 1 amide bonds. The molecule has 1 heterocycles. The van der Waals surface area contributed by atoms with E-state index < -0.39 is 23.3 Å². The molecule has 0 bridgehead atoms. The highest BCUT2D eigenvalue weighted by molar-refractivity contribution is 5.78. The van der Waals surface area contributed by atoms with Gasteiger partial charge in [-0.3, -0.25) is 4.90 Å². The fourth-order valence-corrected chi connectivity index (χ4v) is 3.26. The molecule has 1 N–H and O–H groups in total. The minimum absolute atomic E-state index is 0.146. The summed E-state index contributed by atoms with van der Waals surface area (Å²) in [5, 5.41) is 9.95. The predicted octanol–water partition coefficient (Wildman–Crippen LogP) is 2.12. The zero-order chi connectivity index (χ0) is 15.0. The molecule has 0 aromatic rings. The van der Waals surface area contributed by atoms with Gasteiger partial charge in [0, 0.05) is 12.5 Å². The molecule has 5 heteroatoms. The van der Waals surface area contributed by atoms with Crippen LogP contribution in [-0.2, 0) is 9.53 Å². The number of amides is 1. The first-order chi connectivity index (χ1) is 9.30. The van der Waals surface area contributed by atoms with Crippen molar-refractivity contribution in [1.29, 1.82) is 0 Å². The molecule has 1 aliphatic heterocycles. The van der Waals surface area contributed by atoms with E-state index in [-0.39, 0.29) is 5.92 Å². The van der Waals surface area contributed by atoms with Gasteiger partial charge >= 0.3 is 6.09 Å². The number of aliphatic hydroxyl groups excluding tert-OH is 1. The number of likely N-dealkylation sites (tertiary alicyclic amines) is 1. The van der Waals surface area contributed by atoms with Crippen molar-refractivity contribution in [1.82, 2.24) is 4.90 Å². The Labute approximate surface area is 120 Å². The molecular formula is C15H25NO4. The zero-order valence-corrected chi connectivity index (χ0v) is 12.6. The van der Waals surface area contributed by atoms with Crippen LogP contribution in [0.5, 0.6) is 0 Å². The minimum Gasteiger partial charge on any atom is -0.444 e. The Morgan fingerprint density at radius 1 is 1.35 bits per heavy atom. The molecule has 2 rings (SSSR count). The Morgan fingerprint density at radius 3 is 2.50 bits per heavy atom. The minimum atomic E-state index is -0.877. The summed E-state index contributed by atoms with van der Waals surface area (Å²) in [6, 6.07) is 0. The number of aldehydes is 1. The molecule has 0 aromatic carbocycles. The quantitative estimate of drug-likeness (QED) is 0.788. The molecule has 1 aliphatic carbocycles. The molecule has 0 spiro atoms. The van der Waals surface area contributed by atoms with Crippen molar-refractivity contribution >= 4 is 12.4 Å². The summed E-state index contributed by atoms with van der Waals surface area (Å²) in [6.07, 6.45) is 3.84. The van der Waals surface area contributed by atoms with Crippen LogP contribution in [0.15, 0.2) is 0 Å². The first-order valence-electron chi connectivity index (χ1n) is 7.45. The number of piperidine rings is 1. The molecule has 0 aromatic heterocycles. The second-order valence-corrected chi connectivity index (χ2v) is 6.95. The van der Waals surface area contributed by atoms with Gasteiger partial charge in [-0.2, -0.15) is 0 Å². The van der Waals surface area contributed by atoms with E-state index in [2.05, 4.69) is 0 Å². The average Bonchev–Trinajstić information content (AvgIpc) is 2.35. The van der Waals surface area contributed by atoms with Gasteiger partial charge in [0.15, 0.2) is 0 Å². The first kappa shape index (κ1) is 15.3. The highest BCUT2D eigenvalue weighted by Crippen LogP contribution is 2.44. The van der Waals surface area contributed by atoms with Crippen LogP contribution < -0.4 is 0 Å². The van der Waals surface area contributed by atoms with Gasteiger partial charge in [0.2, 0.25) is 0 Å². The number of ether oxygens (including phenoxy) is 1. The molecule has 114 valence electrons. The van der Waals surface area contributed by atoms with Crippen LogP contribution in [0.4, 0.5) is 4.79 Å². The SMILES string of the molecule is CC(C)(C)OC(=O)N1CCCCC1(C=O)C1CCC1O. The number of nitrogens with zero attached hydrogens (tertiary/aromatic N) is 1. The van der Waals surface area contributed by atoms with Crippen molar-refractivity contribution in [3.8, 4) is 0 Å². The van der Waals surface area contributed by atoms with Gasteiger partial charge < -0.3 is 14.6 Å². The molecule has 3 unspecified atom stereocenters. The van der Waals surface area contributed by atoms with Gasteiger partial charge in [0.05, 0.1) is 6.10 Å². The fourth-order valence-electron chi connectivity index (χ4n) is 3.26. The zero-order valence-electron chi connectivity index (χ0n) is 12.6. The van der Waals surface area contributed by atoms with Crippen LogP contribution in [0.25, 0.3) is 0 Å². The van der Waals surface area contributed by atoms with Crippen LogP contribution in [0.2, 0.25) is 0 Å². The lowest BCUT2D eigenvalue weighted by molar-refractivity contribution is -0.139. The molecule has 5 nitrogen and oxygen atoms in total. The second kappa shape index (κ2) is 5.35. The Morgan fingerprint density at radius 2 is 2.05 bits per heavy atom. The smallest absolute Gasteiger partial charge is 0.411 e. The number of hydrogen-bond acceptors (Lipinski definition) is 4. The first-order valence-corrected chi connectivity index (χ1v) is 7.45. The molecular weight excluding hydrogens is 258 g/mol. The Hall–Kier alpha value is -1.10. The fraction of sp³-hybridized carbons (Fsp3) is 0.867. The van der Waals surface area contributed by atoms with Gasteiger partial charge in [-0.25, -0.2) is 4.79 Å². The summed E-state index contributed by atoms with van der Waals surface area (Å²) in [5.74, 6) is -0.146. The van der Waals surface area contributed by atoms with Crippen LogP contribution in [0.3, 0.4) is 0 Å². The highest BCUT2D eigenvalue weighted by atomic mass is 16.6. The lowest BCUT2D eigenvalue weighted by atomic mass is 9.65. The van der Waals surface area contributed by atoms with Crippen LogP contribution in [-0.4, -0.2) is 46.2 Å².